The average molecular weight is 279 g/mol. The smallest absolute Gasteiger partial charge is 0.335 e. The Bertz CT molecular complexity index is 524. The zero-order valence-electron chi connectivity index (χ0n) is 12.3. The lowest BCUT2D eigenvalue weighted by Gasteiger charge is -2.64. The first-order valence-electron chi connectivity index (χ1n) is 7.16. The van der Waals surface area contributed by atoms with E-state index in [-0.39, 0.29) is 11.3 Å². The Kier molecular flexibility index (Phi) is 2.68. The molecule has 3 fully saturated rings. The molecule has 1 aliphatic heterocycles. The Balaban J connectivity index is 1.97. The number of rotatable bonds is 2. The lowest BCUT2D eigenvalue weighted by molar-refractivity contribution is -0.190. The molecule has 3 saturated carbocycles. The Hall–Kier alpha value is -1.23. The minimum Gasteiger partial charge on any atom is -0.451 e. The first-order valence-corrected chi connectivity index (χ1v) is 7.16. The van der Waals surface area contributed by atoms with E-state index in [1.54, 1.807) is 0 Å². The zero-order chi connectivity index (χ0) is 14.9. The van der Waals surface area contributed by atoms with E-state index < -0.39 is 29.5 Å². The van der Waals surface area contributed by atoms with Crippen molar-refractivity contribution in [3.63, 3.8) is 0 Å². The average Bonchev–Trinajstić information content (AvgIpc) is 2.34. The number of esters is 1. The first-order chi connectivity index (χ1) is 9.18. The van der Waals surface area contributed by atoms with Gasteiger partial charge in [-0.1, -0.05) is 13.8 Å². The monoisotopic (exact) mass is 279 g/mol. The van der Waals surface area contributed by atoms with Crippen LogP contribution in [0.4, 0.5) is 0 Å². The second kappa shape index (κ2) is 3.91. The number of aliphatic imine (C=N–C) groups is 1. The maximum Gasteiger partial charge on any atom is 0.335 e. The molecule has 110 valence electrons. The number of ether oxygens (including phenoxy) is 1. The van der Waals surface area contributed by atoms with Crippen molar-refractivity contribution in [3.05, 3.63) is 0 Å². The van der Waals surface area contributed by atoms with Crippen molar-refractivity contribution in [2.45, 2.75) is 58.3 Å². The Morgan fingerprint density at radius 2 is 2.10 bits per heavy atom. The third kappa shape index (κ3) is 1.56. The summed E-state index contributed by atoms with van der Waals surface area (Å²) in [5.41, 5.74) is 0.325. The second-order valence-electron chi connectivity index (χ2n) is 7.11. The van der Waals surface area contributed by atoms with E-state index >= 15 is 0 Å². The lowest BCUT2D eigenvalue weighted by atomic mass is 9.43. The first kappa shape index (κ1) is 13.7. The Morgan fingerprint density at radius 3 is 2.65 bits per heavy atom. The molecule has 0 aromatic rings. The number of Topliss-reactive ketones (excluding diaryl/α,β-unsaturated/α-hetero) is 1. The van der Waals surface area contributed by atoms with Crippen LogP contribution in [0.1, 0.15) is 40.5 Å². The summed E-state index contributed by atoms with van der Waals surface area (Å²) in [6.45, 7) is 7.59. The topological polar surface area (TPSA) is 76.0 Å². The molecule has 5 nitrogen and oxygen atoms in total. The van der Waals surface area contributed by atoms with Gasteiger partial charge in [-0.3, -0.25) is 9.79 Å². The fraction of sp³-hybridized carbons (Fsp3) is 0.800. The van der Waals surface area contributed by atoms with Crippen LogP contribution >= 0.6 is 0 Å². The van der Waals surface area contributed by atoms with E-state index in [2.05, 4.69) is 18.8 Å². The molecular weight excluding hydrogens is 258 g/mol. The van der Waals surface area contributed by atoms with Crippen LogP contribution in [0.15, 0.2) is 4.99 Å². The van der Waals surface area contributed by atoms with Gasteiger partial charge in [-0.15, -0.1) is 0 Å². The number of aliphatic hydroxyl groups excluding tert-OH is 1. The predicted molar refractivity (Wildman–Crippen MR) is 72.4 cm³/mol. The third-order valence-corrected chi connectivity index (χ3v) is 5.71. The van der Waals surface area contributed by atoms with E-state index in [0.717, 1.165) is 18.6 Å². The summed E-state index contributed by atoms with van der Waals surface area (Å²) in [6, 6.07) is -1.09. The molecule has 0 spiro atoms. The van der Waals surface area contributed by atoms with Crippen LogP contribution in [0.25, 0.3) is 0 Å². The summed E-state index contributed by atoms with van der Waals surface area (Å²) in [4.78, 5) is 27.8. The molecule has 0 unspecified atom stereocenters. The molecular formula is C15H21NO4. The highest BCUT2D eigenvalue weighted by atomic mass is 16.6. The van der Waals surface area contributed by atoms with Gasteiger partial charge in [0.2, 0.25) is 0 Å². The van der Waals surface area contributed by atoms with E-state index in [9.17, 15) is 14.7 Å². The molecule has 20 heavy (non-hydrogen) atoms. The number of ketones is 1. The summed E-state index contributed by atoms with van der Waals surface area (Å²) in [5, 5.41) is 9.82. The number of nitrogens with zero attached hydrogens (tertiary/aromatic N) is 1. The zero-order valence-corrected chi connectivity index (χ0v) is 12.3. The van der Waals surface area contributed by atoms with Crippen molar-refractivity contribution in [2.75, 3.05) is 0 Å². The second-order valence-corrected chi connectivity index (χ2v) is 7.11. The van der Waals surface area contributed by atoms with Crippen molar-refractivity contribution in [1.82, 2.24) is 0 Å². The molecule has 0 radical (unpaired) electrons. The summed E-state index contributed by atoms with van der Waals surface area (Å²) >= 11 is 0. The summed E-state index contributed by atoms with van der Waals surface area (Å²) in [6.07, 6.45) is 0.440. The number of hydrogen-bond acceptors (Lipinski definition) is 5. The van der Waals surface area contributed by atoms with Gasteiger partial charge in [0.1, 0.15) is 6.10 Å². The van der Waals surface area contributed by atoms with Crippen molar-refractivity contribution in [1.29, 1.82) is 0 Å². The van der Waals surface area contributed by atoms with Gasteiger partial charge in [-0.2, -0.15) is 0 Å². The van der Waals surface area contributed by atoms with Gasteiger partial charge in [-0.05, 0) is 38.0 Å². The van der Waals surface area contributed by atoms with E-state index in [1.807, 2.05) is 6.92 Å². The quantitative estimate of drug-likeness (QED) is 0.769. The van der Waals surface area contributed by atoms with Crippen LogP contribution in [-0.2, 0) is 14.3 Å². The van der Waals surface area contributed by atoms with Crippen molar-refractivity contribution in [3.8, 4) is 0 Å². The minimum atomic E-state index is -1.40. The molecule has 0 saturated heterocycles. The minimum absolute atomic E-state index is 0.153. The number of hydrogen-bond donors (Lipinski definition) is 1. The molecule has 4 rings (SSSR count). The largest absolute Gasteiger partial charge is 0.451 e. The highest BCUT2D eigenvalue weighted by Gasteiger charge is 2.65. The standard InChI is InChI=1S/C15H21NO4/c1-7(17)12(18)11-13(19)20-15(4)9-5-8(14(9,2)3)6-10(15)16-11/h8-9,11-12,18H,5-6H2,1-4H3/t8-,9-,11-,12+,15-/m1/s1. The highest BCUT2D eigenvalue weighted by molar-refractivity contribution is 6.02. The third-order valence-electron chi connectivity index (χ3n) is 5.71. The van der Waals surface area contributed by atoms with Crippen LogP contribution in [0.2, 0.25) is 0 Å². The van der Waals surface area contributed by atoms with Crippen LogP contribution < -0.4 is 0 Å². The van der Waals surface area contributed by atoms with E-state index in [1.165, 1.54) is 6.92 Å². The van der Waals surface area contributed by atoms with Gasteiger partial charge < -0.3 is 9.84 Å². The van der Waals surface area contributed by atoms with Crippen LogP contribution in [0.5, 0.6) is 0 Å². The van der Waals surface area contributed by atoms with Crippen molar-refractivity contribution in [2.24, 2.45) is 22.2 Å². The predicted octanol–water partition coefficient (Wildman–Crippen LogP) is 1.13. The molecule has 4 aliphatic rings. The van der Waals surface area contributed by atoms with E-state index in [4.69, 9.17) is 4.74 Å². The molecule has 0 aromatic heterocycles. The van der Waals surface area contributed by atoms with Gasteiger partial charge in [0.25, 0.3) is 0 Å². The molecule has 1 N–H and O–H groups in total. The molecule has 5 heteroatoms. The normalized spacial score (nSPS) is 42.8. The lowest BCUT2D eigenvalue weighted by Crippen LogP contribution is -2.68. The van der Waals surface area contributed by atoms with Crippen LogP contribution in [0, 0.1) is 17.3 Å². The Labute approximate surface area is 118 Å². The summed E-state index contributed by atoms with van der Waals surface area (Å²) < 4.78 is 5.67. The SMILES string of the molecule is CC(=O)[C@H](O)[C@H]1N=C2C[C@H]3C[C@H](C3(C)C)[C@@]2(C)OC1=O. The van der Waals surface area contributed by atoms with Crippen LogP contribution in [-0.4, -0.2) is 40.3 Å². The van der Waals surface area contributed by atoms with Crippen molar-refractivity contribution < 1.29 is 19.4 Å². The Morgan fingerprint density at radius 1 is 1.45 bits per heavy atom. The maximum absolute atomic E-state index is 12.1. The molecule has 1 heterocycles. The van der Waals surface area contributed by atoms with Gasteiger partial charge in [0.15, 0.2) is 17.4 Å². The molecule has 0 amide bonds. The molecule has 5 atom stereocenters. The molecule has 3 aliphatic carbocycles. The van der Waals surface area contributed by atoms with Crippen LogP contribution in [0.3, 0.4) is 0 Å². The fourth-order valence-corrected chi connectivity index (χ4v) is 4.16. The number of carbonyl (C=O) groups excluding carboxylic acids is 2. The fourth-order valence-electron chi connectivity index (χ4n) is 4.16. The van der Waals surface area contributed by atoms with Gasteiger partial charge in [0, 0.05) is 5.92 Å². The maximum atomic E-state index is 12.1. The number of carbonyl (C=O) groups is 2. The molecule has 2 bridgehead atoms. The highest BCUT2D eigenvalue weighted by Crippen LogP contribution is 2.63. The van der Waals surface area contributed by atoms with Gasteiger partial charge in [0.05, 0.1) is 5.71 Å². The van der Waals surface area contributed by atoms with Crippen molar-refractivity contribution >= 4 is 17.5 Å². The number of aliphatic hydroxyl groups is 1. The van der Waals surface area contributed by atoms with Gasteiger partial charge >= 0.3 is 5.97 Å². The molecule has 0 aromatic carbocycles. The van der Waals surface area contributed by atoms with E-state index in [0.29, 0.717) is 5.92 Å². The van der Waals surface area contributed by atoms with Gasteiger partial charge in [-0.25, -0.2) is 4.79 Å². The summed E-state index contributed by atoms with van der Waals surface area (Å²) in [7, 11) is 0. The summed E-state index contributed by atoms with van der Waals surface area (Å²) in [5.74, 6) is -0.223.